The van der Waals surface area contributed by atoms with E-state index < -0.39 is 0 Å². The highest BCUT2D eigenvalue weighted by Crippen LogP contribution is 2.27. The van der Waals surface area contributed by atoms with Crippen molar-refractivity contribution in [3.05, 3.63) is 34.8 Å². The zero-order valence-electron chi connectivity index (χ0n) is 13.7. The number of hydrogen-bond donors (Lipinski definition) is 1. The second-order valence-electron chi connectivity index (χ2n) is 5.66. The van der Waals surface area contributed by atoms with Crippen LogP contribution in [0.4, 0.5) is 0 Å². The molecule has 2 aromatic heterocycles. The minimum atomic E-state index is 0.459. The van der Waals surface area contributed by atoms with E-state index in [9.17, 15) is 0 Å². The van der Waals surface area contributed by atoms with Crippen molar-refractivity contribution in [2.45, 2.75) is 47.2 Å². The summed E-state index contributed by atoms with van der Waals surface area (Å²) in [6.45, 7) is 11.0. The normalized spacial score (nSPS) is 11.2. The van der Waals surface area contributed by atoms with Gasteiger partial charge in [-0.05, 0) is 26.3 Å². The van der Waals surface area contributed by atoms with Crippen LogP contribution in [0.5, 0.6) is 11.6 Å². The molecule has 0 fully saturated rings. The standard InChI is InChI=1S/C16H24N4O/c1-10(2)17-9-14-7-8-15(18-11(14)3)21-16-12(4)19-20(6)13(16)5/h7-8,10,17H,9H2,1-6H3. The van der Waals surface area contributed by atoms with Crippen LogP contribution < -0.4 is 10.1 Å². The lowest BCUT2D eigenvalue weighted by Gasteiger charge is -2.11. The zero-order chi connectivity index (χ0) is 15.6. The van der Waals surface area contributed by atoms with Gasteiger partial charge in [0.05, 0.1) is 5.69 Å². The summed E-state index contributed by atoms with van der Waals surface area (Å²) in [7, 11) is 1.91. The maximum atomic E-state index is 5.91. The van der Waals surface area contributed by atoms with E-state index in [0.29, 0.717) is 11.9 Å². The summed E-state index contributed by atoms with van der Waals surface area (Å²) in [6.07, 6.45) is 0. The Balaban J connectivity index is 2.16. The van der Waals surface area contributed by atoms with Gasteiger partial charge in [0.15, 0.2) is 5.75 Å². The van der Waals surface area contributed by atoms with Crippen molar-refractivity contribution in [2.75, 3.05) is 0 Å². The van der Waals surface area contributed by atoms with Crippen LogP contribution in [0.1, 0.15) is 36.5 Å². The molecule has 2 aromatic rings. The Bertz CT molecular complexity index is 631. The average molecular weight is 288 g/mol. The highest BCUT2D eigenvalue weighted by Gasteiger charge is 2.13. The average Bonchev–Trinajstić information content (AvgIpc) is 2.64. The molecule has 0 bridgehead atoms. The molecule has 0 amide bonds. The smallest absolute Gasteiger partial charge is 0.219 e. The van der Waals surface area contributed by atoms with Crippen molar-refractivity contribution >= 4 is 0 Å². The van der Waals surface area contributed by atoms with Crippen LogP contribution in [-0.2, 0) is 13.6 Å². The van der Waals surface area contributed by atoms with E-state index in [1.807, 2.05) is 38.6 Å². The van der Waals surface area contributed by atoms with Gasteiger partial charge < -0.3 is 10.1 Å². The predicted molar refractivity (Wildman–Crippen MR) is 83.7 cm³/mol. The first-order valence-electron chi connectivity index (χ1n) is 7.26. The molecule has 0 radical (unpaired) electrons. The van der Waals surface area contributed by atoms with Gasteiger partial charge in [-0.25, -0.2) is 4.98 Å². The maximum Gasteiger partial charge on any atom is 0.219 e. The van der Waals surface area contributed by atoms with E-state index >= 15 is 0 Å². The number of nitrogens with zero attached hydrogens (tertiary/aromatic N) is 3. The van der Waals surface area contributed by atoms with Crippen molar-refractivity contribution < 1.29 is 4.74 Å². The van der Waals surface area contributed by atoms with E-state index in [-0.39, 0.29) is 0 Å². The van der Waals surface area contributed by atoms with E-state index in [0.717, 1.165) is 29.4 Å². The van der Waals surface area contributed by atoms with E-state index in [1.54, 1.807) is 0 Å². The molecule has 0 aliphatic carbocycles. The van der Waals surface area contributed by atoms with Gasteiger partial charge in [-0.3, -0.25) is 4.68 Å². The van der Waals surface area contributed by atoms with Crippen molar-refractivity contribution in [3.63, 3.8) is 0 Å². The third-order valence-corrected chi connectivity index (χ3v) is 3.52. The van der Waals surface area contributed by atoms with Gasteiger partial charge in [-0.2, -0.15) is 5.10 Å². The molecule has 1 N–H and O–H groups in total. The summed E-state index contributed by atoms with van der Waals surface area (Å²) in [6, 6.07) is 4.44. The summed E-state index contributed by atoms with van der Waals surface area (Å²) >= 11 is 0. The molecule has 0 atom stereocenters. The van der Waals surface area contributed by atoms with Crippen LogP contribution >= 0.6 is 0 Å². The number of rotatable bonds is 5. The Labute approximate surface area is 126 Å². The molecule has 5 heteroatoms. The van der Waals surface area contributed by atoms with Crippen LogP contribution in [0.25, 0.3) is 0 Å². The number of hydrogen-bond acceptors (Lipinski definition) is 4. The SMILES string of the molecule is Cc1nc(Oc2c(C)nn(C)c2C)ccc1CNC(C)C. The highest BCUT2D eigenvalue weighted by atomic mass is 16.5. The molecule has 0 aliphatic rings. The highest BCUT2D eigenvalue weighted by molar-refractivity contribution is 5.36. The quantitative estimate of drug-likeness (QED) is 0.919. The molecule has 0 aliphatic heterocycles. The first kappa shape index (κ1) is 15.5. The Morgan fingerprint density at radius 1 is 1.19 bits per heavy atom. The lowest BCUT2D eigenvalue weighted by atomic mass is 10.2. The first-order chi connectivity index (χ1) is 9.88. The number of aromatic nitrogens is 3. The van der Waals surface area contributed by atoms with Gasteiger partial charge >= 0.3 is 0 Å². The second kappa shape index (κ2) is 6.26. The number of nitrogens with one attached hydrogen (secondary N) is 1. The monoisotopic (exact) mass is 288 g/mol. The summed E-state index contributed by atoms with van der Waals surface area (Å²) < 4.78 is 7.73. The van der Waals surface area contributed by atoms with E-state index in [2.05, 4.69) is 35.3 Å². The Hall–Kier alpha value is -1.88. The van der Waals surface area contributed by atoms with Crippen molar-refractivity contribution in [3.8, 4) is 11.6 Å². The third-order valence-electron chi connectivity index (χ3n) is 3.52. The van der Waals surface area contributed by atoms with E-state index in [4.69, 9.17) is 4.74 Å². The Morgan fingerprint density at radius 3 is 2.43 bits per heavy atom. The largest absolute Gasteiger partial charge is 0.435 e. The topological polar surface area (TPSA) is 52.0 Å². The fraction of sp³-hybridized carbons (Fsp3) is 0.500. The molecule has 2 heterocycles. The summed E-state index contributed by atoms with van der Waals surface area (Å²) in [5.41, 5.74) is 4.05. The number of ether oxygens (including phenoxy) is 1. The van der Waals surface area contributed by atoms with Crippen LogP contribution in [0.2, 0.25) is 0 Å². The Morgan fingerprint density at radius 2 is 1.90 bits per heavy atom. The van der Waals surface area contributed by atoms with Gasteiger partial charge in [0.25, 0.3) is 0 Å². The zero-order valence-corrected chi connectivity index (χ0v) is 13.7. The van der Waals surface area contributed by atoms with Crippen LogP contribution in [0.3, 0.4) is 0 Å². The van der Waals surface area contributed by atoms with Gasteiger partial charge in [0, 0.05) is 31.4 Å². The molecular weight excluding hydrogens is 264 g/mol. The molecule has 21 heavy (non-hydrogen) atoms. The van der Waals surface area contributed by atoms with Crippen molar-refractivity contribution in [1.82, 2.24) is 20.1 Å². The van der Waals surface area contributed by atoms with Crippen LogP contribution in [-0.4, -0.2) is 20.8 Å². The second-order valence-corrected chi connectivity index (χ2v) is 5.66. The molecular formula is C16H24N4O. The van der Waals surface area contributed by atoms with Crippen molar-refractivity contribution in [1.29, 1.82) is 0 Å². The van der Waals surface area contributed by atoms with Gasteiger partial charge in [-0.1, -0.05) is 19.9 Å². The fourth-order valence-corrected chi connectivity index (χ4v) is 2.13. The van der Waals surface area contributed by atoms with E-state index in [1.165, 1.54) is 5.56 Å². The fourth-order valence-electron chi connectivity index (χ4n) is 2.13. The molecule has 5 nitrogen and oxygen atoms in total. The molecule has 0 saturated carbocycles. The van der Waals surface area contributed by atoms with Crippen LogP contribution in [0, 0.1) is 20.8 Å². The minimum Gasteiger partial charge on any atom is -0.435 e. The predicted octanol–water partition coefficient (Wildman–Crippen LogP) is 3.03. The van der Waals surface area contributed by atoms with Gasteiger partial charge in [-0.15, -0.1) is 0 Å². The molecule has 0 aromatic carbocycles. The lowest BCUT2D eigenvalue weighted by molar-refractivity contribution is 0.453. The van der Waals surface area contributed by atoms with Gasteiger partial charge in [0.2, 0.25) is 5.88 Å². The minimum absolute atomic E-state index is 0.459. The summed E-state index contributed by atoms with van der Waals surface area (Å²) in [4.78, 5) is 4.54. The number of aryl methyl sites for hydroxylation is 3. The number of pyridine rings is 1. The third kappa shape index (κ3) is 3.61. The van der Waals surface area contributed by atoms with Crippen LogP contribution in [0.15, 0.2) is 12.1 Å². The molecule has 0 spiro atoms. The van der Waals surface area contributed by atoms with Crippen molar-refractivity contribution in [2.24, 2.45) is 7.05 Å². The van der Waals surface area contributed by atoms with Gasteiger partial charge in [0.1, 0.15) is 5.69 Å². The summed E-state index contributed by atoms with van der Waals surface area (Å²) in [5.74, 6) is 1.40. The maximum absolute atomic E-state index is 5.91. The molecule has 0 saturated heterocycles. The molecule has 0 unspecified atom stereocenters. The lowest BCUT2D eigenvalue weighted by Crippen LogP contribution is -2.22. The molecule has 2 rings (SSSR count). The Kier molecular flexibility index (Phi) is 4.63. The summed E-state index contributed by atoms with van der Waals surface area (Å²) in [5, 5.41) is 7.75. The molecule has 114 valence electrons. The first-order valence-corrected chi connectivity index (χ1v) is 7.26.